The van der Waals surface area contributed by atoms with Crippen LogP contribution in [0.15, 0.2) is 48.5 Å². The molecule has 0 unspecified atom stereocenters. The fourth-order valence-electron chi connectivity index (χ4n) is 2.93. The molecule has 0 aromatic heterocycles. The van der Waals surface area contributed by atoms with E-state index in [2.05, 4.69) is 5.32 Å². The highest BCUT2D eigenvalue weighted by molar-refractivity contribution is 5.97. The van der Waals surface area contributed by atoms with Crippen LogP contribution in [0.4, 0.5) is 5.69 Å². The third kappa shape index (κ3) is 6.11. The third-order valence-corrected chi connectivity index (χ3v) is 4.46. The highest BCUT2D eigenvalue weighted by Gasteiger charge is 2.33. The fourth-order valence-corrected chi connectivity index (χ4v) is 2.93. The molecule has 0 aliphatic rings. The molecule has 2 aromatic rings. The van der Waals surface area contributed by atoms with Crippen LogP contribution in [0.3, 0.4) is 0 Å². The Balaban J connectivity index is 2.36. The summed E-state index contributed by atoms with van der Waals surface area (Å²) in [5.74, 6) is -3.83. The molecule has 10 nitrogen and oxygen atoms in total. The van der Waals surface area contributed by atoms with Crippen molar-refractivity contribution in [3.63, 3.8) is 0 Å². The van der Waals surface area contributed by atoms with Gasteiger partial charge in [0.05, 0.1) is 29.6 Å². The summed E-state index contributed by atoms with van der Waals surface area (Å²) in [6.45, 7) is 1.68. The normalized spacial score (nSPS) is 12.1. The summed E-state index contributed by atoms with van der Waals surface area (Å²) < 4.78 is 4.92. The van der Waals surface area contributed by atoms with Crippen molar-refractivity contribution >= 4 is 23.5 Å². The van der Waals surface area contributed by atoms with Crippen molar-refractivity contribution in [3.05, 3.63) is 75.3 Å². The topological polar surface area (TPSA) is 160 Å². The van der Waals surface area contributed by atoms with Crippen LogP contribution in [-0.2, 0) is 14.3 Å². The average molecular weight is 425 g/mol. The lowest BCUT2D eigenvalue weighted by Gasteiger charge is -2.25. The number of rotatable bonds is 9. The molecule has 160 valence electrons. The van der Waals surface area contributed by atoms with Gasteiger partial charge in [0.2, 0.25) is 0 Å². The second-order valence-electron chi connectivity index (χ2n) is 6.44. The SMILES string of the molecule is CCOC(=O)C[C@H](c1ccc([N+](=O)[O-])cc1)[C@H](NC(=O)c1ccc(C#N)cc1)C(=O)O. The maximum atomic E-state index is 12.6. The van der Waals surface area contributed by atoms with Gasteiger partial charge in [-0.05, 0) is 36.8 Å². The van der Waals surface area contributed by atoms with Crippen molar-refractivity contribution in [1.82, 2.24) is 5.32 Å². The summed E-state index contributed by atoms with van der Waals surface area (Å²) in [4.78, 5) is 46.9. The Morgan fingerprint density at radius 3 is 2.26 bits per heavy atom. The highest BCUT2D eigenvalue weighted by Crippen LogP contribution is 2.27. The van der Waals surface area contributed by atoms with Gasteiger partial charge in [0.1, 0.15) is 6.04 Å². The number of carboxylic acids is 1. The molecule has 0 spiro atoms. The van der Waals surface area contributed by atoms with Crippen LogP contribution in [-0.4, -0.2) is 40.5 Å². The Morgan fingerprint density at radius 2 is 1.77 bits per heavy atom. The predicted octanol–water partition coefficient (Wildman–Crippen LogP) is 2.39. The minimum Gasteiger partial charge on any atom is -0.480 e. The molecule has 0 saturated heterocycles. The van der Waals surface area contributed by atoms with Gasteiger partial charge in [0.25, 0.3) is 11.6 Å². The summed E-state index contributed by atoms with van der Waals surface area (Å²) in [5, 5.41) is 31.9. The molecule has 31 heavy (non-hydrogen) atoms. The monoisotopic (exact) mass is 425 g/mol. The number of carbonyl (C=O) groups is 3. The van der Waals surface area contributed by atoms with Crippen LogP contribution in [0.1, 0.15) is 40.7 Å². The lowest BCUT2D eigenvalue weighted by molar-refractivity contribution is -0.384. The maximum Gasteiger partial charge on any atom is 0.326 e. The van der Waals surface area contributed by atoms with Crippen LogP contribution in [0.5, 0.6) is 0 Å². The molecule has 0 saturated carbocycles. The maximum absolute atomic E-state index is 12.6. The second kappa shape index (κ2) is 10.5. The van der Waals surface area contributed by atoms with Gasteiger partial charge >= 0.3 is 11.9 Å². The van der Waals surface area contributed by atoms with Crippen LogP contribution < -0.4 is 5.32 Å². The number of nitrogens with zero attached hydrogens (tertiary/aromatic N) is 2. The number of nitro benzene ring substituents is 1. The summed E-state index contributed by atoms with van der Waals surface area (Å²) in [7, 11) is 0. The molecule has 0 aliphatic heterocycles. The van der Waals surface area contributed by atoms with E-state index in [1.165, 1.54) is 48.5 Å². The van der Waals surface area contributed by atoms with Crippen molar-refractivity contribution in [2.24, 2.45) is 0 Å². The number of nitrogens with one attached hydrogen (secondary N) is 1. The predicted molar refractivity (Wildman–Crippen MR) is 107 cm³/mol. The molecular weight excluding hydrogens is 406 g/mol. The molecule has 2 atom stereocenters. The molecule has 0 bridgehead atoms. The van der Waals surface area contributed by atoms with Gasteiger partial charge in [-0.3, -0.25) is 19.7 Å². The third-order valence-electron chi connectivity index (χ3n) is 4.46. The molecule has 0 radical (unpaired) electrons. The van der Waals surface area contributed by atoms with Crippen molar-refractivity contribution in [1.29, 1.82) is 5.26 Å². The fraction of sp³-hybridized carbons (Fsp3) is 0.238. The first kappa shape index (κ1) is 23.0. The van der Waals surface area contributed by atoms with Crippen molar-refractivity contribution in [2.45, 2.75) is 25.3 Å². The zero-order chi connectivity index (χ0) is 23.0. The van der Waals surface area contributed by atoms with Crippen LogP contribution in [0.25, 0.3) is 0 Å². The van der Waals surface area contributed by atoms with E-state index in [0.29, 0.717) is 11.1 Å². The molecular formula is C21H19N3O7. The molecule has 0 heterocycles. The minimum absolute atomic E-state index is 0.0845. The summed E-state index contributed by atoms with van der Waals surface area (Å²) >= 11 is 0. The smallest absolute Gasteiger partial charge is 0.326 e. The van der Waals surface area contributed by atoms with E-state index in [4.69, 9.17) is 10.00 Å². The Kier molecular flexibility index (Phi) is 7.80. The van der Waals surface area contributed by atoms with Crippen LogP contribution in [0, 0.1) is 21.4 Å². The first-order valence-corrected chi connectivity index (χ1v) is 9.20. The van der Waals surface area contributed by atoms with Gasteiger partial charge in [0, 0.05) is 23.6 Å². The minimum atomic E-state index is -1.52. The standard InChI is InChI=1S/C21H19N3O7/c1-2-31-18(25)11-17(14-7-9-16(10-8-14)24(29)30)19(21(27)28)23-20(26)15-5-3-13(12-22)4-6-15/h3-10,17,19H,2,11H2,1H3,(H,23,26)(H,27,28)/t17-,19+/m1/s1. The number of carboxylic acid groups (broad SMARTS) is 1. The number of nitro groups is 1. The number of esters is 1. The van der Waals surface area contributed by atoms with Gasteiger partial charge < -0.3 is 15.2 Å². The largest absolute Gasteiger partial charge is 0.480 e. The number of benzene rings is 2. The van der Waals surface area contributed by atoms with E-state index < -0.39 is 34.7 Å². The lowest BCUT2D eigenvalue weighted by Crippen LogP contribution is -2.45. The molecule has 0 aliphatic carbocycles. The van der Waals surface area contributed by atoms with Crippen LogP contribution >= 0.6 is 0 Å². The van der Waals surface area contributed by atoms with E-state index in [1.807, 2.05) is 6.07 Å². The molecule has 0 fully saturated rings. The summed E-state index contributed by atoms with van der Waals surface area (Å²) in [6, 6.07) is 11.0. The average Bonchev–Trinajstić information content (AvgIpc) is 2.76. The van der Waals surface area contributed by atoms with Gasteiger partial charge in [0.15, 0.2) is 0 Å². The van der Waals surface area contributed by atoms with E-state index in [1.54, 1.807) is 6.92 Å². The molecule has 2 aromatic carbocycles. The quantitative estimate of drug-likeness (QED) is 0.352. The molecule has 2 rings (SSSR count). The molecule has 2 N–H and O–H groups in total. The van der Waals surface area contributed by atoms with E-state index in [0.717, 1.165) is 0 Å². The van der Waals surface area contributed by atoms with Crippen LogP contribution in [0.2, 0.25) is 0 Å². The van der Waals surface area contributed by atoms with Crippen molar-refractivity contribution < 1.29 is 29.2 Å². The number of amides is 1. The first-order valence-electron chi connectivity index (χ1n) is 9.20. The summed E-state index contributed by atoms with van der Waals surface area (Å²) in [6.07, 6.45) is -0.365. The number of non-ortho nitro benzene ring substituents is 1. The van der Waals surface area contributed by atoms with Crippen molar-refractivity contribution in [2.75, 3.05) is 6.61 Å². The van der Waals surface area contributed by atoms with Gasteiger partial charge in [-0.15, -0.1) is 0 Å². The zero-order valence-electron chi connectivity index (χ0n) is 16.5. The van der Waals surface area contributed by atoms with Gasteiger partial charge in [-0.25, -0.2) is 4.79 Å². The number of hydrogen-bond donors (Lipinski definition) is 2. The lowest BCUT2D eigenvalue weighted by atomic mass is 9.88. The first-order chi connectivity index (χ1) is 14.8. The highest BCUT2D eigenvalue weighted by atomic mass is 16.6. The number of ether oxygens (including phenoxy) is 1. The Labute approximate surface area is 177 Å². The van der Waals surface area contributed by atoms with E-state index in [-0.39, 0.29) is 24.3 Å². The number of aliphatic carboxylic acids is 1. The zero-order valence-corrected chi connectivity index (χ0v) is 16.5. The van der Waals surface area contributed by atoms with Crippen molar-refractivity contribution in [3.8, 4) is 6.07 Å². The number of hydrogen-bond acceptors (Lipinski definition) is 7. The second-order valence-corrected chi connectivity index (χ2v) is 6.44. The van der Waals surface area contributed by atoms with Gasteiger partial charge in [-0.1, -0.05) is 12.1 Å². The molecule has 1 amide bonds. The van der Waals surface area contributed by atoms with E-state index >= 15 is 0 Å². The van der Waals surface area contributed by atoms with E-state index in [9.17, 15) is 29.6 Å². The summed E-state index contributed by atoms with van der Waals surface area (Å²) in [5.41, 5.74) is 0.569. The molecule has 10 heteroatoms. The van der Waals surface area contributed by atoms with Gasteiger partial charge in [-0.2, -0.15) is 5.26 Å². The Hall–Kier alpha value is -4.26. The number of nitriles is 1. The Morgan fingerprint density at radius 1 is 1.16 bits per heavy atom. The Bertz CT molecular complexity index is 1010. The number of carbonyl (C=O) groups excluding carboxylic acids is 2.